The Balaban J connectivity index is 1.48. The number of esters is 2. The maximum atomic E-state index is 13.9. The Hall–Kier alpha value is -4.47. The van der Waals surface area contributed by atoms with Gasteiger partial charge in [0.2, 0.25) is 11.8 Å². The molecule has 10 heteroatoms. The largest absolute Gasteiger partial charge is 0.496 e. The standard InChI is InChI=1S/C35H41N3O7/c1-8-22-19-35(22,33(41)43-9-2)38-30(39)25-17-23(18-26(25)32(40)45-34(4,5)6)44-31-24-15-16-27(42-7)20(3)28(24)36-29(37-31)21-13-11-10-12-14-21/h8,10-16,22-23,25-26H,1,9,17-19H2,2-7H3,(H,38,39). The van der Waals surface area contributed by atoms with Crippen molar-refractivity contribution in [2.75, 3.05) is 13.7 Å². The first-order valence-electron chi connectivity index (χ1n) is 15.3. The predicted octanol–water partition coefficient (Wildman–Crippen LogP) is 5.35. The van der Waals surface area contributed by atoms with Crippen LogP contribution in [0, 0.1) is 24.7 Å². The van der Waals surface area contributed by atoms with Gasteiger partial charge in [-0.05, 0) is 66.0 Å². The highest BCUT2D eigenvalue weighted by Gasteiger charge is 2.62. The molecule has 2 fully saturated rings. The van der Waals surface area contributed by atoms with Crippen LogP contribution in [0.1, 0.15) is 52.5 Å². The zero-order chi connectivity index (χ0) is 32.5. The van der Waals surface area contributed by atoms with Gasteiger partial charge >= 0.3 is 11.9 Å². The number of carbonyl (C=O) groups is 3. The SMILES string of the molecule is C=CC1CC1(NC(=O)C1CC(Oc2nc(-c3ccccc3)nc3c(C)c(OC)ccc23)CC1C(=O)OC(C)(C)C)C(=O)OCC. The molecular weight excluding hydrogens is 574 g/mol. The first-order valence-corrected chi connectivity index (χ1v) is 15.3. The van der Waals surface area contributed by atoms with Crippen LogP contribution in [0.15, 0.2) is 55.1 Å². The minimum atomic E-state index is -1.18. The lowest BCUT2D eigenvalue weighted by Crippen LogP contribution is -2.49. The number of fused-ring (bicyclic) bond motifs is 1. The maximum Gasteiger partial charge on any atom is 0.332 e. The molecule has 2 aliphatic carbocycles. The lowest BCUT2D eigenvalue weighted by Gasteiger charge is -2.25. The molecule has 3 aromatic rings. The number of hydrogen-bond donors (Lipinski definition) is 1. The van der Waals surface area contributed by atoms with Crippen molar-refractivity contribution in [2.45, 2.75) is 71.1 Å². The topological polar surface area (TPSA) is 126 Å². The fourth-order valence-corrected chi connectivity index (χ4v) is 6.06. The molecule has 5 rings (SSSR count). The Bertz CT molecular complexity index is 1620. The van der Waals surface area contributed by atoms with Gasteiger partial charge in [0.25, 0.3) is 0 Å². The Kier molecular flexibility index (Phi) is 8.87. The maximum absolute atomic E-state index is 13.9. The first kappa shape index (κ1) is 31.9. The van der Waals surface area contributed by atoms with Crippen LogP contribution in [0.3, 0.4) is 0 Å². The fraction of sp³-hybridized carbons (Fsp3) is 0.457. The van der Waals surface area contributed by atoms with Crippen molar-refractivity contribution in [2.24, 2.45) is 17.8 Å². The van der Waals surface area contributed by atoms with Gasteiger partial charge in [-0.1, -0.05) is 36.4 Å². The second-order valence-corrected chi connectivity index (χ2v) is 12.7. The van der Waals surface area contributed by atoms with Gasteiger partial charge in [-0.2, -0.15) is 4.98 Å². The molecule has 238 valence electrons. The van der Waals surface area contributed by atoms with Crippen LogP contribution in [0.2, 0.25) is 0 Å². The minimum Gasteiger partial charge on any atom is -0.496 e. The van der Waals surface area contributed by atoms with Crippen LogP contribution in [-0.2, 0) is 23.9 Å². The van der Waals surface area contributed by atoms with Crippen LogP contribution in [0.4, 0.5) is 0 Å². The van der Waals surface area contributed by atoms with E-state index in [0.717, 1.165) is 11.1 Å². The van der Waals surface area contributed by atoms with E-state index in [9.17, 15) is 14.4 Å². The zero-order valence-corrected chi connectivity index (χ0v) is 26.7. The van der Waals surface area contributed by atoms with Crippen LogP contribution in [0.5, 0.6) is 11.6 Å². The molecule has 45 heavy (non-hydrogen) atoms. The van der Waals surface area contributed by atoms with E-state index in [-0.39, 0.29) is 25.4 Å². The van der Waals surface area contributed by atoms with E-state index in [1.54, 1.807) is 40.9 Å². The van der Waals surface area contributed by atoms with Gasteiger partial charge in [-0.15, -0.1) is 6.58 Å². The third kappa shape index (κ3) is 6.50. The summed E-state index contributed by atoms with van der Waals surface area (Å²) >= 11 is 0. The molecule has 1 amide bonds. The monoisotopic (exact) mass is 615 g/mol. The number of methoxy groups -OCH3 is 1. The van der Waals surface area contributed by atoms with Crippen molar-refractivity contribution in [3.8, 4) is 23.0 Å². The molecule has 10 nitrogen and oxygen atoms in total. The van der Waals surface area contributed by atoms with Crippen molar-refractivity contribution in [1.29, 1.82) is 0 Å². The lowest BCUT2D eigenvalue weighted by atomic mass is 9.94. The minimum absolute atomic E-state index is 0.184. The number of aromatic nitrogens is 2. The van der Waals surface area contributed by atoms with Gasteiger partial charge in [-0.3, -0.25) is 9.59 Å². The summed E-state index contributed by atoms with van der Waals surface area (Å²) in [5, 5.41) is 3.60. The first-order chi connectivity index (χ1) is 21.4. The number of nitrogens with one attached hydrogen (secondary N) is 1. The van der Waals surface area contributed by atoms with E-state index in [1.165, 1.54) is 0 Å². The summed E-state index contributed by atoms with van der Waals surface area (Å²) in [6.07, 6.45) is 1.93. The van der Waals surface area contributed by atoms with E-state index in [4.69, 9.17) is 28.9 Å². The van der Waals surface area contributed by atoms with Gasteiger partial charge in [-0.25, -0.2) is 9.78 Å². The van der Waals surface area contributed by atoms with E-state index in [0.29, 0.717) is 34.8 Å². The van der Waals surface area contributed by atoms with E-state index >= 15 is 0 Å². The number of amides is 1. The van der Waals surface area contributed by atoms with Gasteiger partial charge in [0.1, 0.15) is 23.0 Å². The Morgan fingerprint density at radius 2 is 1.78 bits per heavy atom. The highest BCUT2D eigenvalue weighted by molar-refractivity contribution is 5.94. The van der Waals surface area contributed by atoms with Gasteiger partial charge < -0.3 is 24.3 Å². The number of aryl methyl sites for hydroxylation is 1. The van der Waals surface area contributed by atoms with Gasteiger partial charge in [0, 0.05) is 17.0 Å². The summed E-state index contributed by atoms with van der Waals surface area (Å²) < 4.78 is 23.1. The smallest absolute Gasteiger partial charge is 0.332 e. The van der Waals surface area contributed by atoms with E-state index in [1.807, 2.05) is 49.4 Å². The van der Waals surface area contributed by atoms with Crippen molar-refractivity contribution >= 4 is 28.7 Å². The molecule has 2 saturated carbocycles. The number of hydrogen-bond acceptors (Lipinski definition) is 9. The molecule has 2 aromatic carbocycles. The molecule has 0 aliphatic heterocycles. The van der Waals surface area contributed by atoms with Gasteiger partial charge in [0.15, 0.2) is 5.82 Å². The molecule has 5 unspecified atom stereocenters. The number of benzene rings is 2. The van der Waals surface area contributed by atoms with Crippen molar-refractivity contribution in [3.63, 3.8) is 0 Å². The Labute approximate surface area is 263 Å². The Morgan fingerprint density at radius 1 is 1.07 bits per heavy atom. The van der Waals surface area contributed by atoms with Gasteiger partial charge in [0.05, 0.1) is 36.5 Å². The molecule has 1 heterocycles. The summed E-state index contributed by atoms with van der Waals surface area (Å²) in [7, 11) is 1.61. The predicted molar refractivity (Wildman–Crippen MR) is 169 cm³/mol. The quantitative estimate of drug-likeness (QED) is 0.237. The molecule has 5 atom stereocenters. The second-order valence-electron chi connectivity index (χ2n) is 12.7. The number of rotatable bonds is 10. The lowest BCUT2D eigenvalue weighted by molar-refractivity contribution is -0.163. The average molecular weight is 616 g/mol. The summed E-state index contributed by atoms with van der Waals surface area (Å²) in [5.74, 6) is -1.76. The molecule has 0 radical (unpaired) electrons. The molecule has 1 N–H and O–H groups in total. The van der Waals surface area contributed by atoms with Crippen LogP contribution >= 0.6 is 0 Å². The second kappa shape index (κ2) is 12.5. The summed E-state index contributed by atoms with van der Waals surface area (Å²) in [4.78, 5) is 49.9. The van der Waals surface area contributed by atoms with Crippen molar-refractivity contribution in [3.05, 3.63) is 60.7 Å². The van der Waals surface area contributed by atoms with E-state index < -0.39 is 46.9 Å². The summed E-state index contributed by atoms with van der Waals surface area (Å²) in [6.45, 7) is 13.0. The molecular formula is C35H41N3O7. The Morgan fingerprint density at radius 3 is 2.40 bits per heavy atom. The molecule has 2 aliphatic rings. The average Bonchev–Trinajstić information content (AvgIpc) is 3.56. The highest BCUT2D eigenvalue weighted by atomic mass is 16.6. The van der Waals surface area contributed by atoms with Crippen LogP contribution < -0.4 is 14.8 Å². The molecule has 0 saturated heterocycles. The third-order valence-electron chi connectivity index (χ3n) is 8.42. The number of carbonyl (C=O) groups excluding carboxylic acids is 3. The number of ether oxygens (including phenoxy) is 4. The van der Waals surface area contributed by atoms with Crippen LogP contribution in [-0.4, -0.2) is 58.8 Å². The molecule has 0 spiro atoms. The third-order valence-corrected chi connectivity index (χ3v) is 8.42. The molecule has 0 bridgehead atoms. The fourth-order valence-electron chi connectivity index (χ4n) is 6.06. The summed E-state index contributed by atoms with van der Waals surface area (Å²) in [6, 6.07) is 13.3. The number of nitrogens with zero attached hydrogens (tertiary/aromatic N) is 2. The highest BCUT2D eigenvalue weighted by Crippen LogP contribution is 2.47. The molecule has 1 aromatic heterocycles. The zero-order valence-electron chi connectivity index (χ0n) is 26.7. The van der Waals surface area contributed by atoms with Crippen molar-refractivity contribution < 1.29 is 33.3 Å². The summed E-state index contributed by atoms with van der Waals surface area (Å²) in [5.41, 5.74) is 0.385. The van der Waals surface area contributed by atoms with Crippen LogP contribution in [0.25, 0.3) is 22.3 Å². The normalized spacial score (nSPS) is 24.0. The van der Waals surface area contributed by atoms with Crippen molar-refractivity contribution in [1.82, 2.24) is 15.3 Å². The van der Waals surface area contributed by atoms with E-state index in [2.05, 4.69) is 11.9 Å².